The predicted molar refractivity (Wildman–Crippen MR) is 82.6 cm³/mol. The molecule has 1 aliphatic rings. The number of hydrogen-bond donors (Lipinski definition) is 0. The number of nitrogens with zero attached hydrogens (tertiary/aromatic N) is 1. The van der Waals surface area contributed by atoms with E-state index in [0.29, 0.717) is 4.83 Å². The van der Waals surface area contributed by atoms with Gasteiger partial charge in [-0.25, -0.2) is 0 Å². The predicted octanol–water partition coefficient (Wildman–Crippen LogP) is 4.49. The Bertz CT molecular complexity index is 472. The van der Waals surface area contributed by atoms with Crippen LogP contribution in [0.3, 0.4) is 0 Å². The van der Waals surface area contributed by atoms with Gasteiger partial charge in [-0.3, -0.25) is 10.1 Å². The van der Waals surface area contributed by atoms with Gasteiger partial charge >= 0.3 is 0 Å². The highest BCUT2D eigenvalue weighted by Crippen LogP contribution is 2.34. The molecule has 1 aromatic carbocycles. The van der Waals surface area contributed by atoms with Crippen molar-refractivity contribution in [1.82, 2.24) is 0 Å². The molecule has 4 nitrogen and oxygen atoms in total. The average molecular weight is 342 g/mol. The molecule has 20 heavy (non-hydrogen) atoms. The number of halogens is 1. The lowest BCUT2D eigenvalue weighted by Crippen LogP contribution is -2.12. The summed E-state index contributed by atoms with van der Waals surface area (Å²) in [5, 5.41) is 10.9. The van der Waals surface area contributed by atoms with Crippen LogP contribution in [0.5, 0.6) is 5.75 Å². The number of alkyl halides is 1. The van der Waals surface area contributed by atoms with Crippen LogP contribution in [-0.4, -0.2) is 16.9 Å². The van der Waals surface area contributed by atoms with Crippen molar-refractivity contribution in [3.63, 3.8) is 0 Å². The second kappa shape index (κ2) is 7.07. The third-order valence-corrected chi connectivity index (χ3v) is 5.28. The summed E-state index contributed by atoms with van der Waals surface area (Å²) in [5.41, 5.74) is 1.05. The number of hydrogen-bond acceptors (Lipinski definition) is 3. The Hall–Kier alpha value is -1.10. The minimum absolute atomic E-state index is 0.132. The fourth-order valence-electron chi connectivity index (χ4n) is 2.92. The summed E-state index contributed by atoms with van der Waals surface area (Å²) < 4.78 is 5.30. The fourth-order valence-corrected chi connectivity index (χ4v) is 3.68. The van der Waals surface area contributed by atoms with Crippen LogP contribution in [-0.2, 0) is 6.42 Å². The van der Waals surface area contributed by atoms with Crippen LogP contribution in [0.15, 0.2) is 18.2 Å². The summed E-state index contributed by atoms with van der Waals surface area (Å²) in [5.74, 6) is 1.49. The molecular formula is C15H20BrNO3. The molecule has 1 fully saturated rings. The van der Waals surface area contributed by atoms with E-state index in [4.69, 9.17) is 4.74 Å². The number of aryl methyl sites for hydroxylation is 1. The van der Waals surface area contributed by atoms with Gasteiger partial charge in [-0.15, -0.1) is 0 Å². The van der Waals surface area contributed by atoms with Gasteiger partial charge in [0, 0.05) is 22.5 Å². The third kappa shape index (κ3) is 3.72. The molecule has 110 valence electrons. The first-order chi connectivity index (χ1) is 9.61. The van der Waals surface area contributed by atoms with E-state index in [1.54, 1.807) is 19.2 Å². The van der Waals surface area contributed by atoms with Crippen molar-refractivity contribution in [2.24, 2.45) is 5.92 Å². The lowest BCUT2D eigenvalue weighted by molar-refractivity contribution is -0.384. The maximum atomic E-state index is 10.9. The van der Waals surface area contributed by atoms with E-state index in [1.165, 1.54) is 31.7 Å². The highest BCUT2D eigenvalue weighted by atomic mass is 79.9. The number of methoxy groups -OCH3 is 1. The van der Waals surface area contributed by atoms with Crippen molar-refractivity contribution in [2.75, 3.05) is 7.11 Å². The molecular weight excluding hydrogens is 322 g/mol. The van der Waals surface area contributed by atoms with E-state index < -0.39 is 0 Å². The molecule has 0 radical (unpaired) electrons. The standard InChI is InChI=1S/C15H20BrNO3/c1-20-15-9-7-13(17(18)19)10-12(15)6-8-14(16)11-4-2-3-5-11/h7,9-11,14H,2-6,8H2,1H3. The van der Waals surface area contributed by atoms with Gasteiger partial charge in [-0.2, -0.15) is 0 Å². The van der Waals surface area contributed by atoms with Gasteiger partial charge in [0.05, 0.1) is 12.0 Å². The number of rotatable bonds is 6. The van der Waals surface area contributed by atoms with E-state index in [0.717, 1.165) is 30.1 Å². The van der Waals surface area contributed by atoms with Crippen LogP contribution in [0, 0.1) is 16.0 Å². The van der Waals surface area contributed by atoms with Gasteiger partial charge in [-0.05, 0) is 37.7 Å². The van der Waals surface area contributed by atoms with Gasteiger partial charge in [0.1, 0.15) is 5.75 Å². The van der Waals surface area contributed by atoms with Crippen molar-refractivity contribution in [3.8, 4) is 5.75 Å². The number of non-ortho nitro benzene ring substituents is 1. The Kier molecular flexibility index (Phi) is 5.40. The van der Waals surface area contributed by atoms with E-state index in [1.807, 2.05) is 0 Å². The van der Waals surface area contributed by atoms with E-state index >= 15 is 0 Å². The van der Waals surface area contributed by atoms with Gasteiger partial charge < -0.3 is 4.74 Å². The smallest absolute Gasteiger partial charge is 0.269 e. The topological polar surface area (TPSA) is 52.4 Å². The molecule has 0 aliphatic heterocycles. The SMILES string of the molecule is COc1ccc([N+](=O)[O-])cc1CCC(Br)C1CCCC1. The third-order valence-electron chi connectivity index (χ3n) is 4.08. The first-order valence-electron chi connectivity index (χ1n) is 7.07. The maximum absolute atomic E-state index is 10.9. The van der Waals surface area contributed by atoms with Crippen LogP contribution in [0.4, 0.5) is 5.69 Å². The zero-order chi connectivity index (χ0) is 14.5. The summed E-state index contributed by atoms with van der Waals surface area (Å²) >= 11 is 3.78. The largest absolute Gasteiger partial charge is 0.496 e. The monoisotopic (exact) mass is 341 g/mol. The normalized spacial score (nSPS) is 17.1. The van der Waals surface area contributed by atoms with Crippen LogP contribution < -0.4 is 4.74 Å². The number of nitro groups is 1. The van der Waals surface area contributed by atoms with Gasteiger partial charge in [-0.1, -0.05) is 28.8 Å². The first kappa shape index (κ1) is 15.3. The van der Waals surface area contributed by atoms with E-state index in [2.05, 4.69) is 15.9 Å². The Morgan fingerprint density at radius 2 is 2.15 bits per heavy atom. The molecule has 0 heterocycles. The molecule has 5 heteroatoms. The highest BCUT2D eigenvalue weighted by Gasteiger charge is 2.23. The molecule has 0 spiro atoms. The van der Waals surface area contributed by atoms with Crippen molar-refractivity contribution < 1.29 is 9.66 Å². The molecule has 1 unspecified atom stereocenters. The molecule has 1 saturated carbocycles. The van der Waals surface area contributed by atoms with Crippen LogP contribution in [0.2, 0.25) is 0 Å². The molecule has 1 atom stereocenters. The fraction of sp³-hybridized carbons (Fsp3) is 0.600. The lowest BCUT2D eigenvalue weighted by Gasteiger charge is -2.17. The van der Waals surface area contributed by atoms with Crippen molar-refractivity contribution in [3.05, 3.63) is 33.9 Å². The molecule has 0 aromatic heterocycles. The molecule has 0 bridgehead atoms. The Balaban J connectivity index is 2.03. The Labute approximate surface area is 127 Å². The molecule has 2 rings (SSSR count). The van der Waals surface area contributed by atoms with Crippen molar-refractivity contribution >= 4 is 21.6 Å². The van der Waals surface area contributed by atoms with Gasteiger partial charge in [0.2, 0.25) is 0 Å². The zero-order valence-electron chi connectivity index (χ0n) is 11.7. The summed E-state index contributed by atoms with van der Waals surface area (Å²) in [6, 6.07) is 4.81. The average Bonchev–Trinajstić information content (AvgIpc) is 2.98. The second-order valence-electron chi connectivity index (χ2n) is 5.35. The van der Waals surface area contributed by atoms with Crippen molar-refractivity contribution in [1.29, 1.82) is 0 Å². The summed E-state index contributed by atoms with van der Waals surface area (Å²) in [6.45, 7) is 0. The maximum Gasteiger partial charge on any atom is 0.269 e. The summed E-state index contributed by atoms with van der Waals surface area (Å²) in [6.07, 6.45) is 7.03. The lowest BCUT2D eigenvalue weighted by atomic mass is 9.97. The summed E-state index contributed by atoms with van der Waals surface area (Å²) in [7, 11) is 1.60. The number of nitro benzene ring substituents is 1. The van der Waals surface area contributed by atoms with Crippen LogP contribution in [0.1, 0.15) is 37.7 Å². The van der Waals surface area contributed by atoms with E-state index in [-0.39, 0.29) is 10.6 Å². The first-order valence-corrected chi connectivity index (χ1v) is 7.98. The number of benzene rings is 1. The molecule has 0 saturated heterocycles. The quantitative estimate of drug-likeness (QED) is 0.435. The van der Waals surface area contributed by atoms with Gasteiger partial charge in [0.15, 0.2) is 0 Å². The molecule has 1 aromatic rings. The molecule has 0 N–H and O–H groups in total. The highest BCUT2D eigenvalue weighted by molar-refractivity contribution is 9.09. The Morgan fingerprint density at radius 3 is 2.75 bits per heavy atom. The summed E-state index contributed by atoms with van der Waals surface area (Å²) in [4.78, 5) is 11.0. The number of ether oxygens (including phenoxy) is 1. The molecule has 1 aliphatic carbocycles. The molecule has 0 amide bonds. The second-order valence-corrected chi connectivity index (χ2v) is 6.53. The Morgan fingerprint density at radius 1 is 1.45 bits per heavy atom. The van der Waals surface area contributed by atoms with Crippen LogP contribution in [0.25, 0.3) is 0 Å². The van der Waals surface area contributed by atoms with Crippen molar-refractivity contribution in [2.45, 2.75) is 43.4 Å². The zero-order valence-corrected chi connectivity index (χ0v) is 13.3. The van der Waals surface area contributed by atoms with Gasteiger partial charge in [0.25, 0.3) is 5.69 Å². The van der Waals surface area contributed by atoms with E-state index in [9.17, 15) is 10.1 Å². The minimum atomic E-state index is -0.356. The van der Waals surface area contributed by atoms with Crippen LogP contribution >= 0.6 is 15.9 Å². The minimum Gasteiger partial charge on any atom is -0.496 e.